The monoisotopic (exact) mass is 287 g/mol. The largest absolute Gasteiger partial charge is 0.465 e. The Balaban J connectivity index is 2.36. The summed E-state index contributed by atoms with van der Waals surface area (Å²) in [5.74, 6) is -0.569. The van der Waals surface area contributed by atoms with Gasteiger partial charge in [-0.05, 0) is 18.2 Å². The van der Waals surface area contributed by atoms with Gasteiger partial charge < -0.3 is 9.64 Å². The van der Waals surface area contributed by atoms with Crippen LogP contribution in [0.3, 0.4) is 0 Å². The van der Waals surface area contributed by atoms with Crippen molar-refractivity contribution in [1.82, 2.24) is 0 Å². The van der Waals surface area contributed by atoms with E-state index in [1.54, 1.807) is 12.1 Å². The zero-order valence-electron chi connectivity index (χ0n) is 9.65. The second-order valence-corrected chi connectivity index (χ2v) is 5.05. The van der Waals surface area contributed by atoms with Gasteiger partial charge >= 0.3 is 5.97 Å². The molecule has 0 N–H and O–H groups in total. The number of halogens is 2. The Morgan fingerprint density at radius 2 is 2.17 bits per heavy atom. The molecule has 1 heterocycles. The summed E-state index contributed by atoms with van der Waals surface area (Å²) >= 11 is 11.9. The molecule has 18 heavy (non-hydrogen) atoms. The van der Waals surface area contributed by atoms with Crippen LogP contribution >= 0.6 is 23.2 Å². The molecular weight excluding hydrogens is 277 g/mol. The quantitative estimate of drug-likeness (QED) is 0.620. The number of esters is 1. The minimum Gasteiger partial charge on any atom is -0.465 e. The highest BCUT2D eigenvalue weighted by Crippen LogP contribution is 2.28. The van der Waals surface area contributed by atoms with Crippen LogP contribution in [0.5, 0.6) is 0 Å². The summed E-state index contributed by atoms with van der Waals surface area (Å²) in [6.07, 6.45) is 0.293. The molecule has 0 bridgehead atoms. The molecule has 0 aliphatic carbocycles. The van der Waals surface area contributed by atoms with Crippen molar-refractivity contribution in [2.75, 3.05) is 18.6 Å². The fourth-order valence-electron chi connectivity index (χ4n) is 1.88. The van der Waals surface area contributed by atoms with Crippen LogP contribution in [-0.2, 0) is 9.53 Å². The minimum atomic E-state index is -0.493. The van der Waals surface area contributed by atoms with Crippen LogP contribution in [0.4, 0.5) is 5.69 Å². The minimum absolute atomic E-state index is 0.0758. The molecule has 1 atom stereocenters. The second-order valence-electron chi connectivity index (χ2n) is 4.00. The number of rotatable bonds is 2. The Hall–Kier alpha value is -1.26. The fourth-order valence-corrected chi connectivity index (χ4v) is 2.38. The van der Waals surface area contributed by atoms with Crippen molar-refractivity contribution in [3.8, 4) is 0 Å². The lowest BCUT2D eigenvalue weighted by Gasteiger charge is -2.17. The van der Waals surface area contributed by atoms with E-state index >= 15 is 0 Å². The van der Waals surface area contributed by atoms with Gasteiger partial charge in [-0.15, -0.1) is 11.6 Å². The number of nitrogens with zero attached hydrogens (tertiary/aromatic N) is 1. The van der Waals surface area contributed by atoms with Crippen molar-refractivity contribution in [2.24, 2.45) is 0 Å². The molecule has 0 aromatic heterocycles. The molecule has 1 aromatic carbocycles. The van der Waals surface area contributed by atoms with Crippen LogP contribution in [0.1, 0.15) is 16.8 Å². The number of anilines is 1. The highest BCUT2D eigenvalue weighted by Gasteiger charge is 2.29. The molecule has 0 spiro atoms. The van der Waals surface area contributed by atoms with Gasteiger partial charge in [0, 0.05) is 23.7 Å². The Labute approximate surface area is 114 Å². The molecule has 1 aliphatic rings. The Bertz CT molecular complexity index is 504. The summed E-state index contributed by atoms with van der Waals surface area (Å²) in [5.41, 5.74) is 0.877. The van der Waals surface area contributed by atoms with Gasteiger partial charge in [-0.1, -0.05) is 11.6 Å². The number of ether oxygens (including phenoxy) is 1. The lowest BCUT2D eigenvalue weighted by Crippen LogP contribution is -2.24. The van der Waals surface area contributed by atoms with Gasteiger partial charge in [-0.3, -0.25) is 4.79 Å². The summed E-state index contributed by atoms with van der Waals surface area (Å²) in [5, 5.41) is 0.164. The molecule has 1 unspecified atom stereocenters. The Morgan fingerprint density at radius 3 is 2.72 bits per heavy atom. The average molecular weight is 288 g/mol. The predicted molar refractivity (Wildman–Crippen MR) is 69.4 cm³/mol. The molecule has 1 saturated heterocycles. The van der Waals surface area contributed by atoms with E-state index in [9.17, 15) is 9.59 Å². The first-order valence-corrected chi connectivity index (χ1v) is 6.16. The smallest absolute Gasteiger partial charge is 0.337 e. The van der Waals surface area contributed by atoms with E-state index in [1.807, 2.05) is 0 Å². The topological polar surface area (TPSA) is 46.6 Å². The maximum Gasteiger partial charge on any atom is 0.337 e. The van der Waals surface area contributed by atoms with E-state index in [4.69, 9.17) is 23.2 Å². The molecule has 4 nitrogen and oxygen atoms in total. The maximum atomic E-state index is 11.7. The molecule has 1 aromatic rings. The molecule has 1 fully saturated rings. The predicted octanol–water partition coefficient (Wildman–Crippen LogP) is 2.47. The summed E-state index contributed by atoms with van der Waals surface area (Å²) < 4.78 is 4.63. The van der Waals surface area contributed by atoms with Crippen molar-refractivity contribution in [3.63, 3.8) is 0 Å². The average Bonchev–Trinajstić information content (AvgIpc) is 2.66. The molecule has 0 radical (unpaired) electrons. The normalized spacial score (nSPS) is 19.2. The van der Waals surface area contributed by atoms with E-state index in [0.717, 1.165) is 0 Å². The van der Waals surface area contributed by atoms with Gasteiger partial charge in [0.25, 0.3) is 0 Å². The highest BCUT2D eigenvalue weighted by molar-refractivity contribution is 6.31. The van der Waals surface area contributed by atoms with Gasteiger partial charge in [0.05, 0.1) is 18.1 Å². The van der Waals surface area contributed by atoms with Crippen LogP contribution in [0.2, 0.25) is 5.02 Å². The number of hydrogen-bond donors (Lipinski definition) is 0. The summed E-state index contributed by atoms with van der Waals surface area (Å²) in [6.45, 7) is 0.418. The molecular formula is C12H11Cl2NO3. The van der Waals surface area contributed by atoms with Gasteiger partial charge in [0.2, 0.25) is 5.91 Å². The summed E-state index contributed by atoms with van der Waals surface area (Å²) in [6, 6.07) is 4.70. The van der Waals surface area contributed by atoms with Crippen LogP contribution in [0.25, 0.3) is 0 Å². The Kier molecular flexibility index (Phi) is 3.78. The van der Waals surface area contributed by atoms with Crippen LogP contribution in [-0.4, -0.2) is 30.9 Å². The number of alkyl halides is 1. The standard InChI is InChI=1S/C12H11Cl2NO3/c1-18-12(17)7-2-8(13)4-10(3-7)15-6-9(14)5-11(15)16/h2-4,9H,5-6H2,1H3. The van der Waals surface area contributed by atoms with E-state index < -0.39 is 5.97 Å². The third kappa shape index (κ3) is 2.60. The molecule has 2 rings (SSSR count). The molecule has 1 aliphatic heterocycles. The molecule has 0 saturated carbocycles. The van der Waals surface area contributed by atoms with E-state index in [1.165, 1.54) is 18.1 Å². The van der Waals surface area contributed by atoms with Gasteiger partial charge in [-0.25, -0.2) is 4.79 Å². The summed E-state index contributed by atoms with van der Waals surface area (Å²) in [7, 11) is 1.29. The number of hydrogen-bond acceptors (Lipinski definition) is 3. The van der Waals surface area contributed by atoms with Crippen LogP contribution in [0, 0.1) is 0 Å². The van der Waals surface area contributed by atoms with Crippen LogP contribution < -0.4 is 4.90 Å². The van der Waals surface area contributed by atoms with Crippen molar-refractivity contribution in [1.29, 1.82) is 0 Å². The first-order chi connectivity index (χ1) is 8.51. The number of carbonyl (C=O) groups excluding carboxylic acids is 2. The third-order valence-electron chi connectivity index (χ3n) is 2.69. The van der Waals surface area contributed by atoms with Crippen LogP contribution in [0.15, 0.2) is 18.2 Å². The lowest BCUT2D eigenvalue weighted by molar-refractivity contribution is -0.117. The summed E-state index contributed by atoms with van der Waals surface area (Å²) in [4.78, 5) is 24.7. The highest BCUT2D eigenvalue weighted by atomic mass is 35.5. The number of benzene rings is 1. The first-order valence-electron chi connectivity index (χ1n) is 5.34. The second kappa shape index (κ2) is 5.16. The van der Waals surface area contributed by atoms with Gasteiger partial charge in [0.15, 0.2) is 0 Å². The Morgan fingerprint density at radius 1 is 1.44 bits per heavy atom. The molecule has 1 amide bonds. The SMILES string of the molecule is COC(=O)c1cc(Cl)cc(N2CC(Cl)CC2=O)c1. The van der Waals surface area contributed by atoms with Gasteiger partial charge in [0.1, 0.15) is 0 Å². The van der Waals surface area contributed by atoms with E-state index in [-0.39, 0.29) is 11.3 Å². The zero-order valence-corrected chi connectivity index (χ0v) is 11.2. The number of methoxy groups -OCH3 is 1. The van der Waals surface area contributed by atoms with Crippen molar-refractivity contribution < 1.29 is 14.3 Å². The van der Waals surface area contributed by atoms with E-state index in [0.29, 0.717) is 29.2 Å². The number of carbonyl (C=O) groups is 2. The zero-order chi connectivity index (χ0) is 13.3. The lowest BCUT2D eigenvalue weighted by atomic mass is 10.2. The molecule has 96 valence electrons. The van der Waals surface area contributed by atoms with Gasteiger partial charge in [-0.2, -0.15) is 0 Å². The van der Waals surface area contributed by atoms with E-state index in [2.05, 4.69) is 4.74 Å². The maximum absolute atomic E-state index is 11.7. The number of amides is 1. The first kappa shape index (κ1) is 13.2. The van der Waals surface area contributed by atoms with Crippen molar-refractivity contribution in [3.05, 3.63) is 28.8 Å². The fraction of sp³-hybridized carbons (Fsp3) is 0.333. The van der Waals surface area contributed by atoms with Crippen molar-refractivity contribution >= 4 is 40.8 Å². The molecule has 6 heteroatoms. The van der Waals surface area contributed by atoms with Crippen molar-refractivity contribution in [2.45, 2.75) is 11.8 Å². The third-order valence-corrected chi connectivity index (χ3v) is 3.20.